The summed E-state index contributed by atoms with van der Waals surface area (Å²) < 4.78 is 11.1. The van der Waals surface area contributed by atoms with Gasteiger partial charge in [0.15, 0.2) is 6.10 Å². The largest absolute Gasteiger partial charge is 0.481 e. The van der Waals surface area contributed by atoms with Crippen LogP contribution in [0, 0.1) is 19.8 Å². The fraction of sp³-hybridized carbons (Fsp3) is 0.500. The monoisotopic (exact) mass is 358 g/mol. The van der Waals surface area contributed by atoms with Crippen molar-refractivity contribution in [2.45, 2.75) is 39.7 Å². The Morgan fingerprint density at radius 2 is 2.04 bits per heavy atom. The molecule has 1 unspecified atom stereocenters. The first-order valence-electron chi connectivity index (χ1n) is 9.15. The quantitative estimate of drug-likeness (QED) is 0.802. The summed E-state index contributed by atoms with van der Waals surface area (Å²) in [7, 11) is 0. The van der Waals surface area contributed by atoms with Crippen LogP contribution in [0.1, 0.15) is 30.9 Å². The minimum atomic E-state index is -0.618. The van der Waals surface area contributed by atoms with E-state index in [1.165, 1.54) is 0 Å². The molecular weight excluding hydrogens is 332 g/mol. The zero-order valence-electron chi connectivity index (χ0n) is 15.6. The summed E-state index contributed by atoms with van der Waals surface area (Å²) in [5.41, 5.74) is 1.63. The first-order valence-corrected chi connectivity index (χ1v) is 9.15. The molecule has 1 fully saturated rings. The van der Waals surface area contributed by atoms with Crippen LogP contribution in [0.3, 0.4) is 0 Å². The van der Waals surface area contributed by atoms with E-state index in [0.717, 1.165) is 36.9 Å². The van der Waals surface area contributed by atoms with Gasteiger partial charge in [-0.25, -0.2) is 4.79 Å². The van der Waals surface area contributed by atoms with Gasteiger partial charge in [-0.3, -0.25) is 4.79 Å². The summed E-state index contributed by atoms with van der Waals surface area (Å²) >= 11 is 0. The lowest BCUT2D eigenvalue weighted by Crippen LogP contribution is -2.41. The average Bonchev–Trinajstić information content (AvgIpc) is 2.65. The summed E-state index contributed by atoms with van der Waals surface area (Å²) in [6, 6.07) is 5.32. The molecule has 6 nitrogen and oxygen atoms in total. The van der Waals surface area contributed by atoms with E-state index in [2.05, 4.69) is 10.6 Å². The third kappa shape index (κ3) is 4.07. The molecule has 0 bridgehead atoms. The second-order valence-electron chi connectivity index (χ2n) is 7.00. The number of hydrogen-bond acceptors (Lipinski definition) is 5. The smallest absolute Gasteiger partial charge is 0.339 e. The van der Waals surface area contributed by atoms with Gasteiger partial charge < -0.3 is 19.8 Å². The molecule has 2 aromatic rings. The fourth-order valence-corrected chi connectivity index (χ4v) is 3.23. The lowest BCUT2D eigenvalue weighted by molar-refractivity contribution is -0.127. The standard InChI is InChI=1S/C20H26N2O4/c1-12-13(2)20(24)26-18-10-16(4-5-17(12)18)25-14(3)19(23)22-11-15-6-8-21-9-7-15/h4-5,10,14-15,21H,6-9,11H2,1-3H3,(H,22,23). The number of hydrogen-bond donors (Lipinski definition) is 2. The summed E-state index contributed by atoms with van der Waals surface area (Å²) in [6.45, 7) is 8.06. The Morgan fingerprint density at radius 3 is 2.77 bits per heavy atom. The molecule has 1 amide bonds. The van der Waals surface area contributed by atoms with Crippen LogP contribution >= 0.6 is 0 Å². The molecule has 0 spiro atoms. The van der Waals surface area contributed by atoms with Gasteiger partial charge in [0.2, 0.25) is 0 Å². The lowest BCUT2D eigenvalue weighted by Gasteiger charge is -2.23. The van der Waals surface area contributed by atoms with Crippen LogP contribution in [0.2, 0.25) is 0 Å². The van der Waals surface area contributed by atoms with Gasteiger partial charge in [-0.1, -0.05) is 0 Å². The Morgan fingerprint density at radius 1 is 1.31 bits per heavy atom. The molecule has 140 valence electrons. The maximum atomic E-state index is 12.3. The maximum absolute atomic E-state index is 12.3. The number of piperidine rings is 1. The number of rotatable bonds is 5. The Labute approximate surface area is 152 Å². The van der Waals surface area contributed by atoms with E-state index in [1.807, 2.05) is 13.0 Å². The van der Waals surface area contributed by atoms with Crippen molar-refractivity contribution in [1.82, 2.24) is 10.6 Å². The molecule has 6 heteroatoms. The lowest BCUT2D eigenvalue weighted by atomic mass is 9.98. The maximum Gasteiger partial charge on any atom is 0.339 e. The Balaban J connectivity index is 1.64. The van der Waals surface area contributed by atoms with Crippen molar-refractivity contribution in [3.8, 4) is 5.75 Å². The number of aryl methyl sites for hydroxylation is 1. The van der Waals surface area contributed by atoms with Gasteiger partial charge >= 0.3 is 5.63 Å². The van der Waals surface area contributed by atoms with Crippen LogP contribution in [-0.2, 0) is 4.79 Å². The molecule has 1 aliphatic heterocycles. The van der Waals surface area contributed by atoms with Crippen LogP contribution in [0.4, 0.5) is 0 Å². The van der Waals surface area contributed by atoms with Crippen molar-refractivity contribution in [3.05, 3.63) is 39.7 Å². The topological polar surface area (TPSA) is 80.6 Å². The average molecular weight is 358 g/mol. The second-order valence-corrected chi connectivity index (χ2v) is 7.00. The molecule has 1 aromatic heterocycles. The zero-order valence-corrected chi connectivity index (χ0v) is 15.6. The molecule has 3 rings (SSSR count). The van der Waals surface area contributed by atoms with Gasteiger partial charge in [0, 0.05) is 23.6 Å². The Bertz CT molecular complexity index is 853. The highest BCUT2D eigenvalue weighted by Crippen LogP contribution is 2.24. The molecule has 1 aromatic carbocycles. The van der Waals surface area contributed by atoms with E-state index in [9.17, 15) is 9.59 Å². The molecule has 0 aliphatic carbocycles. The second kappa shape index (κ2) is 7.91. The van der Waals surface area contributed by atoms with Crippen molar-refractivity contribution in [3.63, 3.8) is 0 Å². The number of amides is 1. The highest BCUT2D eigenvalue weighted by Gasteiger charge is 2.18. The summed E-state index contributed by atoms with van der Waals surface area (Å²) in [4.78, 5) is 24.1. The summed E-state index contributed by atoms with van der Waals surface area (Å²) in [5.74, 6) is 0.896. The van der Waals surface area contributed by atoms with Gasteiger partial charge in [0.05, 0.1) is 0 Å². The highest BCUT2D eigenvalue weighted by atomic mass is 16.5. The number of fused-ring (bicyclic) bond motifs is 1. The molecule has 0 radical (unpaired) electrons. The Kier molecular flexibility index (Phi) is 5.61. The van der Waals surface area contributed by atoms with Crippen LogP contribution < -0.4 is 21.0 Å². The van der Waals surface area contributed by atoms with Crippen LogP contribution in [-0.4, -0.2) is 31.6 Å². The number of nitrogens with one attached hydrogen (secondary N) is 2. The molecule has 1 atom stereocenters. The molecule has 26 heavy (non-hydrogen) atoms. The van der Waals surface area contributed by atoms with Gasteiger partial charge in [0.25, 0.3) is 5.91 Å². The highest BCUT2D eigenvalue weighted by molar-refractivity contribution is 5.83. The van der Waals surface area contributed by atoms with E-state index in [-0.39, 0.29) is 11.5 Å². The number of benzene rings is 1. The third-order valence-electron chi connectivity index (χ3n) is 5.13. The Hall–Kier alpha value is -2.34. The van der Waals surface area contributed by atoms with Crippen molar-refractivity contribution in [2.75, 3.05) is 19.6 Å². The summed E-state index contributed by atoms with van der Waals surface area (Å²) in [5, 5.41) is 7.16. The van der Waals surface area contributed by atoms with Crippen molar-refractivity contribution < 1.29 is 13.9 Å². The SMILES string of the molecule is Cc1c(C)c2ccc(OC(C)C(=O)NCC3CCNCC3)cc2oc1=O. The number of carbonyl (C=O) groups is 1. The predicted octanol–water partition coefficient (Wildman–Crippen LogP) is 2.29. The van der Waals surface area contributed by atoms with Gasteiger partial charge in [-0.05, 0) is 70.3 Å². The molecule has 2 heterocycles. The molecule has 1 saturated heterocycles. The van der Waals surface area contributed by atoms with E-state index in [4.69, 9.17) is 9.15 Å². The molecule has 0 saturated carbocycles. The molecule has 2 N–H and O–H groups in total. The van der Waals surface area contributed by atoms with E-state index < -0.39 is 6.10 Å². The molecule has 1 aliphatic rings. The van der Waals surface area contributed by atoms with Gasteiger partial charge in [-0.2, -0.15) is 0 Å². The zero-order chi connectivity index (χ0) is 18.7. The van der Waals surface area contributed by atoms with E-state index in [0.29, 0.717) is 29.4 Å². The van der Waals surface area contributed by atoms with E-state index in [1.54, 1.807) is 26.0 Å². The van der Waals surface area contributed by atoms with Gasteiger partial charge in [-0.15, -0.1) is 0 Å². The first-order chi connectivity index (χ1) is 12.5. The summed E-state index contributed by atoms with van der Waals surface area (Å²) in [6.07, 6.45) is 1.54. The third-order valence-corrected chi connectivity index (χ3v) is 5.13. The number of ether oxygens (including phenoxy) is 1. The van der Waals surface area contributed by atoms with Crippen LogP contribution in [0.5, 0.6) is 5.75 Å². The number of carbonyl (C=O) groups excluding carboxylic acids is 1. The first kappa shape index (κ1) is 18.5. The van der Waals surface area contributed by atoms with Crippen LogP contribution in [0.15, 0.2) is 27.4 Å². The van der Waals surface area contributed by atoms with Crippen LogP contribution in [0.25, 0.3) is 11.0 Å². The molecular formula is C20H26N2O4. The van der Waals surface area contributed by atoms with Crippen molar-refractivity contribution in [1.29, 1.82) is 0 Å². The predicted molar refractivity (Wildman–Crippen MR) is 101 cm³/mol. The minimum absolute atomic E-state index is 0.134. The van der Waals surface area contributed by atoms with Gasteiger partial charge in [0.1, 0.15) is 11.3 Å². The van der Waals surface area contributed by atoms with Crippen molar-refractivity contribution >= 4 is 16.9 Å². The van der Waals surface area contributed by atoms with E-state index >= 15 is 0 Å². The fourth-order valence-electron chi connectivity index (χ4n) is 3.23. The normalized spacial score (nSPS) is 16.4. The minimum Gasteiger partial charge on any atom is -0.481 e. The van der Waals surface area contributed by atoms with Crippen molar-refractivity contribution in [2.24, 2.45) is 5.92 Å².